The molecule has 0 N–H and O–H groups in total. The second-order valence-corrected chi connectivity index (χ2v) is 5.95. The first kappa shape index (κ1) is 17.7. The van der Waals surface area contributed by atoms with Gasteiger partial charge in [0, 0.05) is 12.3 Å². The smallest absolute Gasteiger partial charge is 0.287 e. The zero-order valence-electron chi connectivity index (χ0n) is 14.3. The Kier molecular flexibility index (Phi) is 4.31. The highest BCUT2D eigenvalue weighted by atomic mass is 19.4. The van der Waals surface area contributed by atoms with Crippen molar-refractivity contribution in [3.8, 4) is 22.8 Å². The number of aromatic nitrogens is 4. The van der Waals surface area contributed by atoms with Crippen LogP contribution in [-0.2, 0) is 6.18 Å². The lowest BCUT2D eigenvalue weighted by Crippen LogP contribution is -2.16. The highest BCUT2D eigenvalue weighted by Gasteiger charge is 2.34. The molecule has 140 valence electrons. The van der Waals surface area contributed by atoms with E-state index in [0.717, 1.165) is 10.7 Å². The minimum atomic E-state index is -4.56. The Morgan fingerprint density at radius 1 is 0.857 bits per heavy atom. The Hall–Kier alpha value is -3.68. The third kappa shape index (κ3) is 3.20. The number of nitrogens with zero attached hydrogens (tertiary/aromatic N) is 4. The quantitative estimate of drug-likeness (QED) is 0.536. The molecule has 2 aromatic heterocycles. The molecule has 0 spiro atoms. The monoisotopic (exact) mass is 382 g/mol. The van der Waals surface area contributed by atoms with Crippen LogP contribution in [0.2, 0.25) is 0 Å². The predicted octanol–water partition coefficient (Wildman–Crippen LogP) is 4.10. The number of hydrogen-bond donors (Lipinski definition) is 0. The summed E-state index contributed by atoms with van der Waals surface area (Å²) < 4.78 is 42.8. The molecule has 0 saturated carbocycles. The van der Waals surface area contributed by atoms with Crippen LogP contribution < -0.4 is 5.43 Å². The molecular formula is C20H13F3N4O. The van der Waals surface area contributed by atoms with Gasteiger partial charge in [-0.15, -0.1) is 0 Å². The second-order valence-electron chi connectivity index (χ2n) is 5.95. The van der Waals surface area contributed by atoms with Crippen LogP contribution in [0, 0.1) is 0 Å². The van der Waals surface area contributed by atoms with E-state index in [1.54, 1.807) is 12.1 Å². The lowest BCUT2D eigenvalue weighted by Gasteiger charge is -2.14. The topological polar surface area (TPSA) is 52.7 Å². The number of alkyl halides is 3. The van der Waals surface area contributed by atoms with E-state index in [9.17, 15) is 18.0 Å². The van der Waals surface area contributed by atoms with Gasteiger partial charge in [-0.2, -0.15) is 23.4 Å². The third-order valence-corrected chi connectivity index (χ3v) is 4.15. The lowest BCUT2D eigenvalue weighted by molar-refractivity contribution is -0.137. The Bertz CT molecular complexity index is 1180. The summed E-state index contributed by atoms with van der Waals surface area (Å²) in [6.45, 7) is 0. The highest BCUT2D eigenvalue weighted by molar-refractivity contribution is 5.58. The number of hydrogen-bond acceptors (Lipinski definition) is 3. The Morgan fingerprint density at radius 3 is 2.32 bits per heavy atom. The zero-order chi connectivity index (χ0) is 19.7. The van der Waals surface area contributed by atoms with E-state index < -0.39 is 17.2 Å². The largest absolute Gasteiger partial charge is 0.418 e. The van der Waals surface area contributed by atoms with Gasteiger partial charge in [0.1, 0.15) is 0 Å². The van der Waals surface area contributed by atoms with Crippen LogP contribution in [0.3, 0.4) is 0 Å². The minimum absolute atomic E-state index is 0.000769. The van der Waals surface area contributed by atoms with Crippen molar-refractivity contribution in [2.75, 3.05) is 0 Å². The van der Waals surface area contributed by atoms with Gasteiger partial charge in [-0.25, -0.2) is 9.36 Å². The van der Waals surface area contributed by atoms with E-state index in [1.807, 2.05) is 18.2 Å². The van der Waals surface area contributed by atoms with Crippen LogP contribution in [-0.4, -0.2) is 19.6 Å². The maximum absolute atomic E-state index is 13.4. The maximum atomic E-state index is 13.4. The summed E-state index contributed by atoms with van der Waals surface area (Å²) in [5.74, 6) is 0. The van der Waals surface area contributed by atoms with E-state index in [-0.39, 0.29) is 17.1 Å². The molecule has 2 heterocycles. The van der Waals surface area contributed by atoms with E-state index in [4.69, 9.17) is 0 Å². The molecule has 28 heavy (non-hydrogen) atoms. The molecule has 0 aliphatic heterocycles. The molecule has 0 fully saturated rings. The van der Waals surface area contributed by atoms with Crippen molar-refractivity contribution < 1.29 is 13.2 Å². The molecule has 0 aliphatic rings. The first-order valence-corrected chi connectivity index (χ1v) is 8.31. The summed E-state index contributed by atoms with van der Waals surface area (Å²) in [6, 6.07) is 16.9. The van der Waals surface area contributed by atoms with Crippen molar-refractivity contribution in [2.24, 2.45) is 0 Å². The molecule has 4 aromatic rings. The third-order valence-electron chi connectivity index (χ3n) is 4.15. The average molecular weight is 382 g/mol. The van der Waals surface area contributed by atoms with Gasteiger partial charge < -0.3 is 0 Å². The SMILES string of the molecule is O=c1ccn(-c2ccccc2)nc1-c1ccnn1-c1ccccc1C(F)(F)F. The van der Waals surface area contributed by atoms with Crippen LogP contribution >= 0.6 is 0 Å². The molecule has 0 bridgehead atoms. The highest BCUT2D eigenvalue weighted by Crippen LogP contribution is 2.34. The molecule has 2 aromatic carbocycles. The van der Waals surface area contributed by atoms with Gasteiger partial charge in [-0.1, -0.05) is 30.3 Å². The first-order valence-electron chi connectivity index (χ1n) is 8.31. The van der Waals surface area contributed by atoms with Crippen LogP contribution in [0.5, 0.6) is 0 Å². The molecule has 0 radical (unpaired) electrons. The van der Waals surface area contributed by atoms with Crippen LogP contribution in [0.4, 0.5) is 13.2 Å². The van der Waals surface area contributed by atoms with Gasteiger partial charge in [-0.3, -0.25) is 4.79 Å². The summed E-state index contributed by atoms with van der Waals surface area (Å²) in [7, 11) is 0. The predicted molar refractivity (Wildman–Crippen MR) is 97.4 cm³/mol. The Balaban J connectivity index is 1.89. The van der Waals surface area contributed by atoms with Crippen molar-refractivity contribution in [3.63, 3.8) is 0 Å². The standard InChI is InChI=1S/C20H13F3N4O/c21-20(22,23)15-8-4-5-9-16(15)27-17(10-12-24-27)19-18(28)11-13-26(25-19)14-6-2-1-3-7-14/h1-13H. The molecule has 0 atom stereocenters. The molecular weight excluding hydrogens is 369 g/mol. The second kappa shape index (κ2) is 6.80. The van der Waals surface area contributed by atoms with E-state index in [0.29, 0.717) is 5.69 Å². The number of rotatable bonds is 3. The molecule has 4 rings (SSSR count). The van der Waals surface area contributed by atoms with Gasteiger partial charge in [-0.05, 0) is 30.3 Å². The zero-order valence-corrected chi connectivity index (χ0v) is 14.3. The molecule has 8 heteroatoms. The van der Waals surface area contributed by atoms with Crippen molar-refractivity contribution in [3.05, 3.63) is 94.9 Å². The van der Waals surface area contributed by atoms with E-state index >= 15 is 0 Å². The summed E-state index contributed by atoms with van der Waals surface area (Å²) in [5.41, 5.74) is -0.553. The molecule has 0 saturated heterocycles. The fourth-order valence-corrected chi connectivity index (χ4v) is 2.88. The molecule has 5 nitrogen and oxygen atoms in total. The molecule has 0 amide bonds. The van der Waals surface area contributed by atoms with E-state index in [1.165, 1.54) is 47.4 Å². The Labute approximate surface area is 157 Å². The fourth-order valence-electron chi connectivity index (χ4n) is 2.88. The number of benzene rings is 2. The van der Waals surface area contributed by atoms with Crippen LogP contribution in [0.15, 0.2) is 83.9 Å². The average Bonchev–Trinajstić information content (AvgIpc) is 3.18. The van der Waals surface area contributed by atoms with Gasteiger partial charge in [0.15, 0.2) is 5.69 Å². The van der Waals surface area contributed by atoms with Crippen molar-refractivity contribution in [1.82, 2.24) is 19.6 Å². The summed E-state index contributed by atoms with van der Waals surface area (Å²) in [5, 5.41) is 8.33. The summed E-state index contributed by atoms with van der Waals surface area (Å²) in [6.07, 6.45) is -1.72. The van der Waals surface area contributed by atoms with Crippen molar-refractivity contribution >= 4 is 0 Å². The fraction of sp³-hybridized carbons (Fsp3) is 0.0500. The minimum Gasteiger partial charge on any atom is -0.287 e. The maximum Gasteiger partial charge on any atom is 0.418 e. The summed E-state index contributed by atoms with van der Waals surface area (Å²) >= 11 is 0. The number of halogens is 3. The van der Waals surface area contributed by atoms with Crippen molar-refractivity contribution in [1.29, 1.82) is 0 Å². The van der Waals surface area contributed by atoms with Gasteiger partial charge >= 0.3 is 6.18 Å². The van der Waals surface area contributed by atoms with Gasteiger partial charge in [0.25, 0.3) is 0 Å². The Morgan fingerprint density at radius 2 is 1.57 bits per heavy atom. The van der Waals surface area contributed by atoms with E-state index in [2.05, 4.69) is 10.2 Å². The van der Waals surface area contributed by atoms with Crippen LogP contribution in [0.25, 0.3) is 22.8 Å². The normalized spacial score (nSPS) is 11.5. The summed E-state index contributed by atoms with van der Waals surface area (Å²) in [4.78, 5) is 12.4. The lowest BCUT2D eigenvalue weighted by atomic mass is 10.1. The number of para-hydroxylation sites is 2. The van der Waals surface area contributed by atoms with Crippen molar-refractivity contribution in [2.45, 2.75) is 6.18 Å². The molecule has 0 aliphatic carbocycles. The van der Waals surface area contributed by atoms with Gasteiger partial charge in [0.05, 0.1) is 28.8 Å². The first-order chi connectivity index (χ1) is 13.4. The van der Waals surface area contributed by atoms with Gasteiger partial charge in [0.2, 0.25) is 5.43 Å². The van der Waals surface area contributed by atoms with Crippen LogP contribution in [0.1, 0.15) is 5.56 Å². The molecule has 0 unspecified atom stereocenters.